The van der Waals surface area contributed by atoms with Crippen LogP contribution in [0.1, 0.15) is 17.0 Å². The molecule has 0 radical (unpaired) electrons. The summed E-state index contributed by atoms with van der Waals surface area (Å²) in [5.74, 6) is -0.575. The fourth-order valence-corrected chi connectivity index (χ4v) is 2.89. The van der Waals surface area contributed by atoms with Gasteiger partial charge < -0.3 is 15.4 Å². The third-order valence-corrected chi connectivity index (χ3v) is 4.21. The molecule has 0 saturated heterocycles. The summed E-state index contributed by atoms with van der Waals surface area (Å²) >= 11 is 0. The largest absolute Gasteiger partial charge is 0.496 e. The molecular formula is C20H22N6O4. The first-order valence-corrected chi connectivity index (χ1v) is 9.23. The lowest BCUT2D eigenvalue weighted by Crippen LogP contribution is -2.37. The number of nitrogens with zero attached hydrogens (tertiary/aromatic N) is 3. The van der Waals surface area contributed by atoms with Crippen LogP contribution in [0.5, 0.6) is 5.75 Å². The molecule has 3 N–H and O–H groups in total. The number of ether oxygens (including phenoxy) is 1. The van der Waals surface area contributed by atoms with E-state index in [0.717, 1.165) is 11.3 Å². The zero-order valence-corrected chi connectivity index (χ0v) is 16.9. The predicted octanol–water partition coefficient (Wildman–Crippen LogP) is 0.878. The Morgan fingerprint density at radius 3 is 2.63 bits per heavy atom. The summed E-state index contributed by atoms with van der Waals surface area (Å²) in [7, 11) is 1.58. The summed E-state index contributed by atoms with van der Waals surface area (Å²) in [5, 5.41) is 9.30. The SMILES string of the molecule is COc1ccccc1CCNC(=O)C(=O)Nc1cc(C)nn1-c1nc(C)cc(=O)[nH]1. The maximum Gasteiger partial charge on any atom is 0.314 e. The number of aryl methyl sites for hydroxylation is 2. The standard InChI is InChI=1S/C20H22N6O4/c1-12-11-17(27)24-20(22-12)26-16(10-13(2)25-26)23-19(29)18(28)21-9-8-14-6-4-5-7-15(14)30-3/h4-7,10-11H,8-9H2,1-3H3,(H,21,28)(H,23,29)(H,22,24,27). The quantitative estimate of drug-likeness (QED) is 0.517. The molecule has 0 aliphatic rings. The van der Waals surface area contributed by atoms with Gasteiger partial charge in [-0.3, -0.25) is 19.4 Å². The number of benzene rings is 1. The summed E-state index contributed by atoms with van der Waals surface area (Å²) in [6, 6.07) is 10.4. The van der Waals surface area contributed by atoms with E-state index in [-0.39, 0.29) is 23.9 Å². The average molecular weight is 410 g/mol. The van der Waals surface area contributed by atoms with E-state index in [1.807, 2.05) is 24.3 Å². The number of carbonyl (C=O) groups is 2. The van der Waals surface area contributed by atoms with Gasteiger partial charge in [0.1, 0.15) is 11.6 Å². The Morgan fingerprint density at radius 1 is 1.13 bits per heavy atom. The van der Waals surface area contributed by atoms with Gasteiger partial charge in [-0.15, -0.1) is 0 Å². The molecule has 2 amide bonds. The minimum Gasteiger partial charge on any atom is -0.496 e. The van der Waals surface area contributed by atoms with E-state index in [1.165, 1.54) is 10.7 Å². The highest BCUT2D eigenvalue weighted by Crippen LogP contribution is 2.17. The summed E-state index contributed by atoms with van der Waals surface area (Å²) in [4.78, 5) is 43.0. The molecule has 3 aromatic rings. The number of rotatable bonds is 6. The lowest BCUT2D eigenvalue weighted by molar-refractivity contribution is -0.136. The molecule has 0 spiro atoms. The molecular weight excluding hydrogens is 388 g/mol. The molecule has 10 heteroatoms. The number of para-hydroxylation sites is 1. The van der Waals surface area contributed by atoms with Crippen LogP contribution in [0, 0.1) is 13.8 Å². The smallest absolute Gasteiger partial charge is 0.314 e. The van der Waals surface area contributed by atoms with Crippen LogP contribution in [0.4, 0.5) is 5.82 Å². The molecule has 2 aromatic heterocycles. The first-order chi connectivity index (χ1) is 14.4. The van der Waals surface area contributed by atoms with Crippen molar-refractivity contribution < 1.29 is 14.3 Å². The summed E-state index contributed by atoms with van der Waals surface area (Å²) in [6.07, 6.45) is 0.508. The van der Waals surface area contributed by atoms with Gasteiger partial charge in [0.2, 0.25) is 5.95 Å². The van der Waals surface area contributed by atoms with Crippen molar-refractivity contribution in [3.05, 3.63) is 63.7 Å². The van der Waals surface area contributed by atoms with Gasteiger partial charge >= 0.3 is 11.8 Å². The minimum atomic E-state index is -0.855. The van der Waals surface area contributed by atoms with Crippen LogP contribution in [0.2, 0.25) is 0 Å². The van der Waals surface area contributed by atoms with Crippen LogP contribution in [-0.4, -0.2) is 45.2 Å². The second-order valence-electron chi connectivity index (χ2n) is 6.57. The third-order valence-electron chi connectivity index (χ3n) is 4.21. The van der Waals surface area contributed by atoms with E-state index in [1.54, 1.807) is 27.0 Å². The van der Waals surface area contributed by atoms with Crippen LogP contribution < -0.4 is 20.9 Å². The van der Waals surface area contributed by atoms with Crippen molar-refractivity contribution in [3.8, 4) is 11.7 Å². The Morgan fingerprint density at radius 2 is 1.90 bits per heavy atom. The molecule has 0 fully saturated rings. The second-order valence-corrected chi connectivity index (χ2v) is 6.57. The molecule has 10 nitrogen and oxygen atoms in total. The molecule has 0 bridgehead atoms. The highest BCUT2D eigenvalue weighted by atomic mass is 16.5. The Hall–Kier alpha value is -3.95. The van der Waals surface area contributed by atoms with E-state index in [9.17, 15) is 14.4 Å². The highest BCUT2D eigenvalue weighted by molar-refractivity contribution is 6.39. The van der Waals surface area contributed by atoms with Crippen molar-refractivity contribution >= 4 is 17.6 Å². The molecule has 156 valence electrons. The highest BCUT2D eigenvalue weighted by Gasteiger charge is 2.18. The van der Waals surface area contributed by atoms with E-state index < -0.39 is 11.8 Å². The maximum absolute atomic E-state index is 12.3. The predicted molar refractivity (Wildman–Crippen MR) is 110 cm³/mol. The van der Waals surface area contributed by atoms with Crippen molar-refractivity contribution in [1.82, 2.24) is 25.1 Å². The van der Waals surface area contributed by atoms with Crippen LogP contribution >= 0.6 is 0 Å². The maximum atomic E-state index is 12.3. The Kier molecular flexibility index (Phi) is 6.26. The van der Waals surface area contributed by atoms with Crippen molar-refractivity contribution in [2.75, 3.05) is 19.0 Å². The van der Waals surface area contributed by atoms with Crippen LogP contribution in [0.25, 0.3) is 5.95 Å². The number of methoxy groups -OCH3 is 1. The van der Waals surface area contributed by atoms with Crippen molar-refractivity contribution in [3.63, 3.8) is 0 Å². The molecule has 0 unspecified atom stereocenters. The first kappa shape index (κ1) is 20.8. The van der Waals surface area contributed by atoms with E-state index in [2.05, 4.69) is 25.7 Å². The van der Waals surface area contributed by atoms with Gasteiger partial charge in [-0.25, -0.2) is 4.98 Å². The molecule has 0 aliphatic carbocycles. The number of H-pyrrole nitrogens is 1. The minimum absolute atomic E-state index is 0.139. The van der Waals surface area contributed by atoms with E-state index in [4.69, 9.17) is 4.74 Å². The summed E-state index contributed by atoms with van der Waals surface area (Å²) in [6.45, 7) is 3.65. The zero-order chi connectivity index (χ0) is 21.7. The lowest BCUT2D eigenvalue weighted by atomic mass is 10.1. The molecule has 0 atom stereocenters. The van der Waals surface area contributed by atoms with Crippen LogP contribution in [0.3, 0.4) is 0 Å². The molecule has 0 saturated carbocycles. The summed E-state index contributed by atoms with van der Waals surface area (Å²) < 4.78 is 6.54. The van der Waals surface area contributed by atoms with Gasteiger partial charge in [-0.1, -0.05) is 18.2 Å². The Balaban J connectivity index is 1.66. The third kappa shape index (κ3) is 4.90. The van der Waals surface area contributed by atoms with Crippen LogP contribution in [-0.2, 0) is 16.0 Å². The van der Waals surface area contributed by atoms with Gasteiger partial charge in [-0.05, 0) is 31.9 Å². The molecule has 30 heavy (non-hydrogen) atoms. The van der Waals surface area contributed by atoms with E-state index >= 15 is 0 Å². The number of aromatic nitrogens is 4. The lowest BCUT2D eigenvalue weighted by Gasteiger charge is -2.10. The van der Waals surface area contributed by atoms with E-state index in [0.29, 0.717) is 17.8 Å². The van der Waals surface area contributed by atoms with Crippen molar-refractivity contribution in [1.29, 1.82) is 0 Å². The normalized spacial score (nSPS) is 10.5. The first-order valence-electron chi connectivity index (χ1n) is 9.23. The van der Waals surface area contributed by atoms with Gasteiger partial charge in [0.25, 0.3) is 5.56 Å². The number of hydrogen-bond acceptors (Lipinski definition) is 6. The Labute approximate surface area is 172 Å². The van der Waals surface area contributed by atoms with Gasteiger partial charge in [-0.2, -0.15) is 9.78 Å². The summed E-state index contributed by atoms with van der Waals surface area (Å²) in [5.41, 5.74) is 1.64. The van der Waals surface area contributed by atoms with Gasteiger partial charge in [0.15, 0.2) is 0 Å². The van der Waals surface area contributed by atoms with Gasteiger partial charge in [0, 0.05) is 24.4 Å². The molecule has 0 aliphatic heterocycles. The topological polar surface area (TPSA) is 131 Å². The number of amides is 2. The Bertz CT molecular complexity index is 1130. The number of anilines is 1. The van der Waals surface area contributed by atoms with Gasteiger partial charge in [0.05, 0.1) is 12.8 Å². The number of hydrogen-bond donors (Lipinski definition) is 3. The zero-order valence-electron chi connectivity index (χ0n) is 16.9. The molecule has 2 heterocycles. The average Bonchev–Trinajstić information content (AvgIpc) is 3.07. The molecule has 3 rings (SSSR count). The monoisotopic (exact) mass is 410 g/mol. The number of nitrogens with one attached hydrogen (secondary N) is 3. The molecule has 1 aromatic carbocycles. The van der Waals surface area contributed by atoms with Crippen LogP contribution in [0.15, 0.2) is 41.2 Å². The fourth-order valence-electron chi connectivity index (χ4n) is 2.89. The number of carbonyl (C=O) groups excluding carboxylic acids is 2. The fraction of sp³-hybridized carbons (Fsp3) is 0.250. The van der Waals surface area contributed by atoms with Crippen molar-refractivity contribution in [2.45, 2.75) is 20.3 Å². The second kappa shape index (κ2) is 9.03. The van der Waals surface area contributed by atoms with Crippen molar-refractivity contribution in [2.24, 2.45) is 0 Å². The number of aromatic amines is 1.